The number of hydrogen-bond acceptors (Lipinski definition) is 6. The maximum atomic E-state index is 10.4. The van der Waals surface area contributed by atoms with Gasteiger partial charge in [0.1, 0.15) is 5.75 Å². The number of aromatic hydroxyl groups is 1. The monoisotopic (exact) mass is 410 g/mol. The van der Waals surface area contributed by atoms with E-state index in [2.05, 4.69) is 34.0 Å². The van der Waals surface area contributed by atoms with Gasteiger partial charge in [0, 0.05) is 55.8 Å². The van der Waals surface area contributed by atoms with Crippen LogP contribution in [0.4, 0.5) is 11.4 Å². The van der Waals surface area contributed by atoms with Gasteiger partial charge in [0.2, 0.25) is 4.77 Å². The first kappa shape index (κ1) is 20.6. The highest BCUT2D eigenvalue weighted by Gasteiger charge is 2.10. The van der Waals surface area contributed by atoms with Crippen LogP contribution in [-0.2, 0) is 0 Å². The minimum atomic E-state index is 0.171. The minimum absolute atomic E-state index is 0.171. The zero-order chi connectivity index (χ0) is 21.0. The van der Waals surface area contributed by atoms with Crippen LogP contribution in [0.25, 0.3) is 11.4 Å². The van der Waals surface area contributed by atoms with Crippen molar-refractivity contribution >= 4 is 29.8 Å². The number of benzene rings is 2. The van der Waals surface area contributed by atoms with Gasteiger partial charge in [0.25, 0.3) is 0 Å². The summed E-state index contributed by atoms with van der Waals surface area (Å²) in [6.45, 7) is 5.93. The van der Waals surface area contributed by atoms with E-state index in [4.69, 9.17) is 12.2 Å². The Morgan fingerprint density at radius 1 is 1.10 bits per heavy atom. The van der Waals surface area contributed by atoms with Crippen LogP contribution in [0.5, 0.6) is 5.75 Å². The molecule has 0 atom stereocenters. The van der Waals surface area contributed by atoms with Crippen LogP contribution in [0, 0.1) is 4.77 Å². The number of anilines is 2. The SMILES string of the molecule is CCN(CC)c1ccc(/C=N/n2c(-c3ccc(N(C)C)cc3)n[nH]c2=S)c(O)c1. The zero-order valence-electron chi connectivity index (χ0n) is 17.1. The molecule has 29 heavy (non-hydrogen) atoms. The maximum Gasteiger partial charge on any atom is 0.216 e. The lowest BCUT2D eigenvalue weighted by Crippen LogP contribution is -2.21. The molecule has 0 radical (unpaired) electrons. The highest BCUT2D eigenvalue weighted by Crippen LogP contribution is 2.24. The molecule has 3 rings (SSSR count). The summed E-state index contributed by atoms with van der Waals surface area (Å²) in [5.41, 5.74) is 3.57. The number of aromatic nitrogens is 3. The Kier molecular flexibility index (Phi) is 6.33. The van der Waals surface area contributed by atoms with Gasteiger partial charge >= 0.3 is 0 Å². The number of hydrogen-bond donors (Lipinski definition) is 2. The summed E-state index contributed by atoms with van der Waals surface area (Å²) in [5, 5.41) is 22.0. The zero-order valence-corrected chi connectivity index (χ0v) is 17.9. The molecular weight excluding hydrogens is 384 g/mol. The quantitative estimate of drug-likeness (QED) is 0.453. The predicted molar refractivity (Wildman–Crippen MR) is 122 cm³/mol. The topological polar surface area (TPSA) is 72.7 Å². The second-order valence-corrected chi connectivity index (χ2v) is 7.15. The summed E-state index contributed by atoms with van der Waals surface area (Å²) in [6.07, 6.45) is 1.59. The van der Waals surface area contributed by atoms with Crippen LogP contribution in [-0.4, -0.2) is 53.4 Å². The lowest BCUT2D eigenvalue weighted by Gasteiger charge is -2.21. The summed E-state index contributed by atoms with van der Waals surface area (Å²) in [5.74, 6) is 0.779. The molecule has 1 aromatic heterocycles. The summed E-state index contributed by atoms with van der Waals surface area (Å²) in [7, 11) is 3.99. The van der Waals surface area contributed by atoms with Crippen LogP contribution in [0.3, 0.4) is 0 Å². The summed E-state index contributed by atoms with van der Waals surface area (Å²) in [4.78, 5) is 4.20. The first-order valence-corrected chi connectivity index (χ1v) is 9.92. The molecule has 0 amide bonds. The van der Waals surface area contributed by atoms with E-state index < -0.39 is 0 Å². The Balaban J connectivity index is 1.90. The number of phenols is 1. The van der Waals surface area contributed by atoms with Gasteiger partial charge in [-0.25, -0.2) is 5.10 Å². The smallest absolute Gasteiger partial charge is 0.216 e. The van der Waals surface area contributed by atoms with Gasteiger partial charge in [-0.2, -0.15) is 14.9 Å². The van der Waals surface area contributed by atoms with Crippen molar-refractivity contribution in [2.24, 2.45) is 5.10 Å². The first-order valence-electron chi connectivity index (χ1n) is 9.52. The third-order valence-corrected chi connectivity index (χ3v) is 5.01. The highest BCUT2D eigenvalue weighted by molar-refractivity contribution is 7.71. The van der Waals surface area contributed by atoms with Crippen molar-refractivity contribution in [3.63, 3.8) is 0 Å². The minimum Gasteiger partial charge on any atom is -0.507 e. The van der Waals surface area contributed by atoms with Gasteiger partial charge in [0.15, 0.2) is 5.82 Å². The van der Waals surface area contributed by atoms with Gasteiger partial charge in [0.05, 0.1) is 6.21 Å². The van der Waals surface area contributed by atoms with Crippen molar-refractivity contribution in [2.45, 2.75) is 13.8 Å². The molecule has 0 aliphatic carbocycles. The Morgan fingerprint density at radius 3 is 2.34 bits per heavy atom. The van der Waals surface area contributed by atoms with Crippen molar-refractivity contribution in [1.29, 1.82) is 0 Å². The molecule has 8 heteroatoms. The van der Waals surface area contributed by atoms with E-state index in [0.29, 0.717) is 16.2 Å². The van der Waals surface area contributed by atoms with Crippen LogP contribution in [0.2, 0.25) is 0 Å². The number of phenolic OH excluding ortho intramolecular Hbond substituents is 1. The molecule has 2 N–H and O–H groups in total. The fraction of sp³-hybridized carbons (Fsp3) is 0.286. The van der Waals surface area contributed by atoms with Crippen LogP contribution in [0.1, 0.15) is 19.4 Å². The number of H-pyrrole nitrogens is 1. The van der Waals surface area contributed by atoms with Gasteiger partial charge in [-0.05, 0) is 62.5 Å². The van der Waals surface area contributed by atoms with Crippen LogP contribution < -0.4 is 9.80 Å². The maximum absolute atomic E-state index is 10.4. The lowest BCUT2D eigenvalue weighted by molar-refractivity contribution is 0.474. The molecule has 0 fully saturated rings. The fourth-order valence-corrected chi connectivity index (χ4v) is 3.22. The van der Waals surface area contributed by atoms with Gasteiger partial charge in [-0.1, -0.05) is 0 Å². The second-order valence-electron chi connectivity index (χ2n) is 6.77. The molecule has 7 nitrogen and oxygen atoms in total. The predicted octanol–water partition coefficient (Wildman–Crippen LogP) is 4.11. The Labute approximate surface area is 175 Å². The van der Waals surface area contributed by atoms with Crippen LogP contribution in [0.15, 0.2) is 47.6 Å². The average Bonchev–Trinajstić information content (AvgIpc) is 3.09. The number of rotatable bonds is 7. The van der Waals surface area contributed by atoms with E-state index >= 15 is 0 Å². The molecule has 0 saturated heterocycles. The fourth-order valence-electron chi connectivity index (χ4n) is 3.04. The van der Waals surface area contributed by atoms with Gasteiger partial charge < -0.3 is 14.9 Å². The number of nitrogens with zero attached hydrogens (tertiary/aromatic N) is 5. The van der Waals surface area contributed by atoms with E-state index in [9.17, 15) is 5.11 Å². The lowest BCUT2D eigenvalue weighted by atomic mass is 10.2. The van der Waals surface area contributed by atoms with E-state index in [0.717, 1.165) is 30.0 Å². The molecule has 3 aromatic rings. The molecule has 0 saturated carbocycles. The molecular formula is C21H26N6OS. The molecule has 2 aromatic carbocycles. The largest absolute Gasteiger partial charge is 0.507 e. The van der Waals surface area contributed by atoms with Crippen molar-refractivity contribution in [3.8, 4) is 17.1 Å². The van der Waals surface area contributed by atoms with Gasteiger partial charge in [-0.3, -0.25) is 0 Å². The molecule has 0 unspecified atom stereocenters. The van der Waals surface area contributed by atoms with E-state index in [-0.39, 0.29) is 5.75 Å². The standard InChI is InChI=1S/C21H26N6OS/c1-5-26(6-2)18-12-9-16(19(28)13-18)14-22-27-20(23-24-21(27)29)15-7-10-17(11-8-15)25(3)4/h7-14,28H,5-6H2,1-4H3,(H,24,29)/b22-14+. The van der Waals surface area contributed by atoms with Crippen molar-refractivity contribution < 1.29 is 5.11 Å². The third-order valence-electron chi connectivity index (χ3n) is 4.75. The van der Waals surface area contributed by atoms with Crippen molar-refractivity contribution in [2.75, 3.05) is 37.0 Å². The first-order chi connectivity index (χ1) is 13.9. The molecule has 1 heterocycles. The molecule has 0 aliphatic rings. The molecule has 152 valence electrons. The van der Waals surface area contributed by atoms with E-state index in [1.807, 2.05) is 55.4 Å². The van der Waals surface area contributed by atoms with Crippen molar-refractivity contribution in [1.82, 2.24) is 14.9 Å². The van der Waals surface area contributed by atoms with Gasteiger partial charge in [-0.15, -0.1) is 0 Å². The average molecular weight is 411 g/mol. The Morgan fingerprint density at radius 2 is 1.76 bits per heavy atom. The summed E-state index contributed by atoms with van der Waals surface area (Å²) < 4.78 is 1.93. The van der Waals surface area contributed by atoms with Crippen molar-refractivity contribution in [3.05, 3.63) is 52.8 Å². The third kappa shape index (κ3) is 4.48. The summed E-state index contributed by atoms with van der Waals surface area (Å²) >= 11 is 5.33. The Hall–Kier alpha value is -3.13. The number of nitrogens with one attached hydrogen (secondary N) is 1. The highest BCUT2D eigenvalue weighted by atomic mass is 32.1. The Bertz CT molecular complexity index is 1050. The van der Waals surface area contributed by atoms with Crippen LogP contribution >= 0.6 is 12.2 Å². The van der Waals surface area contributed by atoms with E-state index in [1.165, 1.54) is 0 Å². The van der Waals surface area contributed by atoms with E-state index in [1.54, 1.807) is 17.0 Å². The second kappa shape index (κ2) is 8.91. The number of aromatic amines is 1. The molecule has 0 aliphatic heterocycles. The normalized spacial score (nSPS) is 11.2. The molecule has 0 bridgehead atoms. The molecule has 0 spiro atoms. The summed E-state index contributed by atoms with van der Waals surface area (Å²) in [6, 6.07) is 13.6.